The molecule has 0 amide bonds. The zero-order valence-corrected chi connectivity index (χ0v) is 12.7. The van der Waals surface area contributed by atoms with Crippen molar-refractivity contribution in [2.45, 2.75) is 38.6 Å². The van der Waals surface area contributed by atoms with Gasteiger partial charge in [0.05, 0.1) is 0 Å². The van der Waals surface area contributed by atoms with E-state index >= 15 is 0 Å². The molecule has 0 aliphatic carbocycles. The van der Waals surface area contributed by atoms with Crippen LogP contribution in [0.5, 0.6) is 0 Å². The fraction of sp³-hybridized carbons (Fsp3) is 0.647. The SMILES string of the molecule is CC(c1ccccc1F)N(C)CCCC1CCNCC1. The van der Waals surface area contributed by atoms with E-state index in [2.05, 4.69) is 24.2 Å². The van der Waals surface area contributed by atoms with Crippen LogP contribution in [0.3, 0.4) is 0 Å². The smallest absolute Gasteiger partial charge is 0.127 e. The lowest BCUT2D eigenvalue weighted by Gasteiger charge is -2.27. The molecule has 0 aromatic heterocycles. The fourth-order valence-corrected chi connectivity index (χ4v) is 3.04. The summed E-state index contributed by atoms with van der Waals surface area (Å²) in [6, 6.07) is 7.25. The molecule has 1 N–H and O–H groups in total. The fourth-order valence-electron chi connectivity index (χ4n) is 3.04. The maximum atomic E-state index is 13.8. The molecular formula is C17H27FN2. The minimum atomic E-state index is -0.0924. The summed E-state index contributed by atoms with van der Waals surface area (Å²) in [6.45, 7) is 5.47. The minimum Gasteiger partial charge on any atom is -0.317 e. The number of halogens is 1. The van der Waals surface area contributed by atoms with Crippen LogP contribution in [0.15, 0.2) is 24.3 Å². The minimum absolute atomic E-state index is 0.0924. The molecule has 1 heterocycles. The van der Waals surface area contributed by atoms with Crippen LogP contribution in [-0.2, 0) is 0 Å². The zero-order valence-electron chi connectivity index (χ0n) is 12.7. The monoisotopic (exact) mass is 278 g/mol. The number of nitrogens with zero attached hydrogens (tertiary/aromatic N) is 1. The van der Waals surface area contributed by atoms with Crippen molar-refractivity contribution in [1.29, 1.82) is 0 Å². The van der Waals surface area contributed by atoms with E-state index in [1.807, 2.05) is 12.1 Å². The van der Waals surface area contributed by atoms with E-state index in [1.165, 1.54) is 38.8 Å². The molecule has 3 heteroatoms. The number of nitrogens with one attached hydrogen (secondary N) is 1. The predicted octanol–water partition coefficient (Wildman–Crippen LogP) is 3.60. The topological polar surface area (TPSA) is 15.3 Å². The summed E-state index contributed by atoms with van der Waals surface area (Å²) in [4.78, 5) is 2.26. The van der Waals surface area contributed by atoms with Crippen LogP contribution in [0.2, 0.25) is 0 Å². The van der Waals surface area contributed by atoms with Gasteiger partial charge < -0.3 is 5.32 Å². The van der Waals surface area contributed by atoms with Gasteiger partial charge in [0.15, 0.2) is 0 Å². The largest absolute Gasteiger partial charge is 0.317 e. The van der Waals surface area contributed by atoms with Gasteiger partial charge in [0.2, 0.25) is 0 Å². The van der Waals surface area contributed by atoms with Crippen molar-refractivity contribution in [2.75, 3.05) is 26.7 Å². The van der Waals surface area contributed by atoms with Gasteiger partial charge in [0, 0.05) is 11.6 Å². The quantitative estimate of drug-likeness (QED) is 0.855. The third kappa shape index (κ3) is 4.29. The highest BCUT2D eigenvalue weighted by Crippen LogP contribution is 2.23. The molecule has 1 atom stereocenters. The van der Waals surface area contributed by atoms with Crippen LogP contribution in [0.1, 0.15) is 44.2 Å². The van der Waals surface area contributed by atoms with E-state index in [-0.39, 0.29) is 11.9 Å². The van der Waals surface area contributed by atoms with E-state index in [0.29, 0.717) is 0 Å². The van der Waals surface area contributed by atoms with Crippen molar-refractivity contribution < 1.29 is 4.39 Å². The Balaban J connectivity index is 1.76. The summed E-state index contributed by atoms with van der Waals surface area (Å²) < 4.78 is 13.8. The van der Waals surface area contributed by atoms with Gasteiger partial charge in [-0.15, -0.1) is 0 Å². The molecule has 1 aromatic rings. The van der Waals surface area contributed by atoms with Gasteiger partial charge in [0.25, 0.3) is 0 Å². The van der Waals surface area contributed by atoms with E-state index in [4.69, 9.17) is 0 Å². The Hall–Kier alpha value is -0.930. The number of hydrogen-bond donors (Lipinski definition) is 1. The molecular weight excluding hydrogens is 251 g/mol. The predicted molar refractivity (Wildman–Crippen MR) is 82.3 cm³/mol. The lowest BCUT2D eigenvalue weighted by molar-refractivity contribution is 0.237. The Bertz CT molecular complexity index is 402. The van der Waals surface area contributed by atoms with Gasteiger partial charge in [-0.1, -0.05) is 18.2 Å². The van der Waals surface area contributed by atoms with Crippen LogP contribution in [0.4, 0.5) is 4.39 Å². The van der Waals surface area contributed by atoms with E-state index in [9.17, 15) is 4.39 Å². The number of hydrogen-bond acceptors (Lipinski definition) is 2. The second-order valence-electron chi connectivity index (χ2n) is 6.01. The lowest BCUT2D eigenvalue weighted by Crippen LogP contribution is -2.29. The highest BCUT2D eigenvalue weighted by molar-refractivity contribution is 5.20. The standard InChI is InChI=1S/C17H27FN2/c1-14(16-7-3-4-8-17(16)18)20(2)13-5-6-15-9-11-19-12-10-15/h3-4,7-8,14-15,19H,5-6,9-13H2,1-2H3. The molecule has 1 unspecified atom stereocenters. The molecule has 1 saturated heterocycles. The average molecular weight is 278 g/mol. The first-order valence-corrected chi connectivity index (χ1v) is 7.84. The molecule has 20 heavy (non-hydrogen) atoms. The number of benzene rings is 1. The number of rotatable bonds is 6. The van der Waals surface area contributed by atoms with Gasteiger partial charge in [-0.25, -0.2) is 4.39 Å². The molecule has 0 saturated carbocycles. The molecule has 0 spiro atoms. The third-order valence-electron chi connectivity index (χ3n) is 4.60. The Morgan fingerprint density at radius 3 is 2.70 bits per heavy atom. The second-order valence-corrected chi connectivity index (χ2v) is 6.01. The number of piperidine rings is 1. The first-order chi connectivity index (χ1) is 9.68. The molecule has 1 aromatic carbocycles. The van der Waals surface area contributed by atoms with Gasteiger partial charge in [-0.05, 0) is 71.3 Å². The highest BCUT2D eigenvalue weighted by atomic mass is 19.1. The highest BCUT2D eigenvalue weighted by Gasteiger charge is 2.16. The summed E-state index contributed by atoms with van der Waals surface area (Å²) in [5.41, 5.74) is 0.803. The molecule has 1 aliphatic heterocycles. The Kier molecular flexibility index (Phi) is 5.99. The van der Waals surface area contributed by atoms with Crippen LogP contribution in [0, 0.1) is 11.7 Å². The molecule has 0 radical (unpaired) electrons. The third-order valence-corrected chi connectivity index (χ3v) is 4.60. The zero-order chi connectivity index (χ0) is 14.4. The van der Waals surface area contributed by atoms with Crippen LogP contribution < -0.4 is 5.32 Å². The Morgan fingerprint density at radius 1 is 1.30 bits per heavy atom. The van der Waals surface area contributed by atoms with Gasteiger partial charge >= 0.3 is 0 Å². The first-order valence-electron chi connectivity index (χ1n) is 7.84. The van der Waals surface area contributed by atoms with Crippen molar-refractivity contribution in [3.63, 3.8) is 0 Å². The summed E-state index contributed by atoms with van der Waals surface area (Å²) in [7, 11) is 2.10. The Morgan fingerprint density at radius 2 is 2.00 bits per heavy atom. The van der Waals surface area contributed by atoms with Gasteiger partial charge in [0.1, 0.15) is 5.82 Å². The van der Waals surface area contributed by atoms with E-state index in [0.717, 1.165) is 18.0 Å². The summed E-state index contributed by atoms with van der Waals surface area (Å²) >= 11 is 0. The first kappa shape index (κ1) is 15.5. The van der Waals surface area contributed by atoms with Crippen molar-refractivity contribution in [2.24, 2.45) is 5.92 Å². The van der Waals surface area contributed by atoms with Crippen molar-refractivity contribution >= 4 is 0 Å². The van der Waals surface area contributed by atoms with Crippen molar-refractivity contribution in [1.82, 2.24) is 10.2 Å². The molecule has 2 nitrogen and oxygen atoms in total. The lowest BCUT2D eigenvalue weighted by atomic mass is 9.93. The summed E-state index contributed by atoms with van der Waals surface area (Å²) in [5.74, 6) is 0.790. The van der Waals surface area contributed by atoms with Crippen molar-refractivity contribution in [3.05, 3.63) is 35.6 Å². The maximum Gasteiger partial charge on any atom is 0.127 e. The summed E-state index contributed by atoms with van der Waals surface area (Å²) in [6.07, 6.45) is 5.13. The van der Waals surface area contributed by atoms with Crippen molar-refractivity contribution in [3.8, 4) is 0 Å². The molecule has 1 fully saturated rings. The molecule has 112 valence electrons. The molecule has 1 aliphatic rings. The molecule has 0 bridgehead atoms. The van der Waals surface area contributed by atoms with Crippen LogP contribution in [-0.4, -0.2) is 31.6 Å². The van der Waals surface area contributed by atoms with Gasteiger partial charge in [-0.2, -0.15) is 0 Å². The van der Waals surface area contributed by atoms with Crippen LogP contribution >= 0.6 is 0 Å². The molecule has 2 rings (SSSR count). The Labute approximate surface area is 122 Å². The van der Waals surface area contributed by atoms with E-state index in [1.54, 1.807) is 12.1 Å². The normalized spacial score (nSPS) is 18.4. The van der Waals surface area contributed by atoms with E-state index < -0.39 is 0 Å². The maximum absolute atomic E-state index is 13.8. The second kappa shape index (κ2) is 7.75. The average Bonchev–Trinajstić information content (AvgIpc) is 2.48. The van der Waals surface area contributed by atoms with Gasteiger partial charge in [-0.3, -0.25) is 4.90 Å². The van der Waals surface area contributed by atoms with Crippen LogP contribution in [0.25, 0.3) is 0 Å². The summed E-state index contributed by atoms with van der Waals surface area (Å²) in [5, 5.41) is 3.41.